The molecular formula is C22H21N3O3S2. The molecule has 6 nitrogen and oxygen atoms in total. The lowest BCUT2D eigenvalue weighted by Crippen LogP contribution is -2.26. The van der Waals surface area contributed by atoms with Crippen LogP contribution >= 0.6 is 11.3 Å². The smallest absolute Gasteiger partial charge is 0.274 e. The average molecular weight is 440 g/mol. The number of carbonyl (C=O) groups is 1. The largest absolute Gasteiger partial charge is 0.284 e. The molecule has 1 unspecified atom stereocenters. The standard InChI is InChI=1S/C22H21N3O3S2/c1-15-4-3-5-17(12-15)22(26)25-21(18-10-11-29-14-18)13-20(23-25)16-6-8-19(9-7-16)24-30(2,27)28/h3-12,14,21,24H,13H2,1-2H3. The van der Waals surface area contributed by atoms with E-state index in [1.807, 2.05) is 54.1 Å². The quantitative estimate of drug-likeness (QED) is 0.639. The highest BCUT2D eigenvalue weighted by Crippen LogP contribution is 2.35. The number of nitrogens with zero attached hydrogens (tertiary/aromatic N) is 2. The van der Waals surface area contributed by atoms with Crippen molar-refractivity contribution in [3.63, 3.8) is 0 Å². The molecule has 154 valence electrons. The molecule has 1 aliphatic heterocycles. The molecule has 2 heterocycles. The Bertz CT molecular complexity index is 1200. The summed E-state index contributed by atoms with van der Waals surface area (Å²) in [7, 11) is -3.33. The summed E-state index contributed by atoms with van der Waals surface area (Å²) in [6.07, 6.45) is 1.70. The van der Waals surface area contributed by atoms with E-state index in [-0.39, 0.29) is 11.9 Å². The highest BCUT2D eigenvalue weighted by atomic mass is 32.2. The first-order chi connectivity index (χ1) is 14.3. The second kappa shape index (κ2) is 8.04. The van der Waals surface area contributed by atoms with Crippen molar-refractivity contribution in [3.05, 3.63) is 87.6 Å². The van der Waals surface area contributed by atoms with E-state index in [2.05, 4.69) is 9.82 Å². The Morgan fingerprint density at radius 1 is 1.17 bits per heavy atom. The number of hydrogen-bond donors (Lipinski definition) is 1. The van der Waals surface area contributed by atoms with Gasteiger partial charge in [0, 0.05) is 17.7 Å². The summed E-state index contributed by atoms with van der Waals surface area (Å²) in [4.78, 5) is 13.2. The van der Waals surface area contributed by atoms with Crippen molar-refractivity contribution in [1.82, 2.24) is 5.01 Å². The molecule has 0 saturated carbocycles. The SMILES string of the molecule is Cc1cccc(C(=O)N2N=C(c3ccc(NS(C)(=O)=O)cc3)CC2c2ccsc2)c1. The molecule has 0 bridgehead atoms. The lowest BCUT2D eigenvalue weighted by molar-refractivity contribution is 0.0711. The summed E-state index contributed by atoms with van der Waals surface area (Å²) < 4.78 is 25.3. The topological polar surface area (TPSA) is 78.8 Å². The van der Waals surface area contributed by atoms with Crippen LogP contribution < -0.4 is 4.72 Å². The molecule has 0 aliphatic carbocycles. The Labute approximate surface area is 179 Å². The van der Waals surface area contributed by atoms with E-state index >= 15 is 0 Å². The molecule has 8 heteroatoms. The molecule has 4 rings (SSSR count). The number of rotatable bonds is 5. The molecular weight excluding hydrogens is 418 g/mol. The number of nitrogens with one attached hydrogen (secondary N) is 1. The van der Waals surface area contributed by atoms with Crippen molar-refractivity contribution >= 4 is 38.7 Å². The molecule has 30 heavy (non-hydrogen) atoms. The van der Waals surface area contributed by atoms with Gasteiger partial charge < -0.3 is 0 Å². The highest BCUT2D eigenvalue weighted by Gasteiger charge is 2.33. The lowest BCUT2D eigenvalue weighted by Gasteiger charge is -2.21. The highest BCUT2D eigenvalue weighted by molar-refractivity contribution is 7.92. The van der Waals surface area contributed by atoms with Crippen LogP contribution in [0.4, 0.5) is 5.69 Å². The minimum atomic E-state index is -3.33. The summed E-state index contributed by atoms with van der Waals surface area (Å²) in [5.41, 5.74) is 4.81. The van der Waals surface area contributed by atoms with Crippen LogP contribution in [0.25, 0.3) is 0 Å². The normalized spacial score (nSPS) is 16.4. The zero-order valence-corrected chi connectivity index (χ0v) is 18.2. The van der Waals surface area contributed by atoms with Crippen LogP contribution in [0.2, 0.25) is 0 Å². The van der Waals surface area contributed by atoms with Gasteiger partial charge in [0.25, 0.3) is 5.91 Å². The van der Waals surface area contributed by atoms with Gasteiger partial charge in [-0.05, 0) is 59.1 Å². The van der Waals surface area contributed by atoms with Gasteiger partial charge >= 0.3 is 0 Å². The Morgan fingerprint density at radius 3 is 2.57 bits per heavy atom. The minimum absolute atomic E-state index is 0.139. The monoisotopic (exact) mass is 439 g/mol. The van der Waals surface area contributed by atoms with E-state index in [9.17, 15) is 13.2 Å². The number of hydrazone groups is 1. The van der Waals surface area contributed by atoms with Crippen molar-refractivity contribution in [2.75, 3.05) is 11.0 Å². The first-order valence-electron chi connectivity index (χ1n) is 9.38. The van der Waals surface area contributed by atoms with Gasteiger partial charge in [-0.2, -0.15) is 16.4 Å². The summed E-state index contributed by atoms with van der Waals surface area (Å²) >= 11 is 1.59. The van der Waals surface area contributed by atoms with Crippen LogP contribution in [0, 0.1) is 6.92 Å². The molecule has 0 saturated heterocycles. The number of aryl methyl sites for hydroxylation is 1. The first-order valence-corrected chi connectivity index (χ1v) is 12.2. The number of benzene rings is 2. The van der Waals surface area contributed by atoms with E-state index in [1.165, 1.54) is 0 Å². The number of sulfonamides is 1. The van der Waals surface area contributed by atoms with E-state index in [0.717, 1.165) is 28.7 Å². The molecule has 1 aliphatic rings. The third-order valence-electron chi connectivity index (χ3n) is 4.83. The van der Waals surface area contributed by atoms with Crippen molar-refractivity contribution < 1.29 is 13.2 Å². The average Bonchev–Trinajstić information content (AvgIpc) is 3.36. The number of anilines is 1. The van der Waals surface area contributed by atoms with Crippen molar-refractivity contribution in [3.8, 4) is 0 Å². The van der Waals surface area contributed by atoms with Gasteiger partial charge in [-0.25, -0.2) is 13.4 Å². The Hall–Kier alpha value is -2.97. The van der Waals surface area contributed by atoms with Crippen LogP contribution in [-0.4, -0.2) is 31.3 Å². The fraction of sp³-hybridized carbons (Fsp3) is 0.182. The van der Waals surface area contributed by atoms with Crippen LogP contribution in [0.1, 0.15) is 39.5 Å². The van der Waals surface area contributed by atoms with Gasteiger partial charge in [-0.1, -0.05) is 29.8 Å². The van der Waals surface area contributed by atoms with E-state index in [1.54, 1.807) is 34.5 Å². The zero-order chi connectivity index (χ0) is 21.3. The van der Waals surface area contributed by atoms with Crippen molar-refractivity contribution in [1.29, 1.82) is 0 Å². The van der Waals surface area contributed by atoms with E-state index in [0.29, 0.717) is 17.7 Å². The predicted molar refractivity (Wildman–Crippen MR) is 120 cm³/mol. The second-order valence-electron chi connectivity index (χ2n) is 7.29. The number of thiophene rings is 1. The van der Waals surface area contributed by atoms with E-state index < -0.39 is 10.0 Å². The predicted octanol–water partition coefficient (Wildman–Crippen LogP) is 4.42. The van der Waals surface area contributed by atoms with Crippen LogP contribution in [0.5, 0.6) is 0 Å². The van der Waals surface area contributed by atoms with Gasteiger partial charge in [0.1, 0.15) is 0 Å². The second-order valence-corrected chi connectivity index (χ2v) is 9.82. The van der Waals surface area contributed by atoms with E-state index in [4.69, 9.17) is 0 Å². The van der Waals surface area contributed by atoms with Crippen molar-refractivity contribution in [2.24, 2.45) is 5.10 Å². The third kappa shape index (κ3) is 4.44. The van der Waals surface area contributed by atoms with Gasteiger partial charge in [-0.3, -0.25) is 9.52 Å². The Morgan fingerprint density at radius 2 is 1.93 bits per heavy atom. The van der Waals surface area contributed by atoms with Gasteiger partial charge in [-0.15, -0.1) is 0 Å². The Balaban J connectivity index is 1.66. The fourth-order valence-corrected chi connectivity index (χ4v) is 4.72. The summed E-state index contributed by atoms with van der Waals surface area (Å²) in [5, 5.41) is 10.3. The molecule has 3 aromatic rings. The summed E-state index contributed by atoms with van der Waals surface area (Å²) in [5.74, 6) is -0.139. The number of amides is 1. The summed E-state index contributed by atoms with van der Waals surface area (Å²) in [6, 6.07) is 16.4. The Kier molecular flexibility index (Phi) is 5.44. The molecule has 0 fully saturated rings. The molecule has 1 amide bonds. The summed E-state index contributed by atoms with van der Waals surface area (Å²) in [6.45, 7) is 1.96. The molecule has 1 N–H and O–H groups in total. The number of carbonyl (C=O) groups excluding carboxylic acids is 1. The first kappa shape index (κ1) is 20.3. The third-order valence-corrected chi connectivity index (χ3v) is 6.14. The van der Waals surface area contributed by atoms with Gasteiger partial charge in [0.05, 0.1) is 18.0 Å². The van der Waals surface area contributed by atoms with Gasteiger partial charge in [0.15, 0.2) is 0 Å². The van der Waals surface area contributed by atoms with Crippen LogP contribution in [0.3, 0.4) is 0 Å². The maximum absolute atomic E-state index is 13.2. The molecule has 0 radical (unpaired) electrons. The minimum Gasteiger partial charge on any atom is -0.284 e. The van der Waals surface area contributed by atoms with Crippen LogP contribution in [-0.2, 0) is 10.0 Å². The molecule has 2 aromatic carbocycles. The molecule has 1 aromatic heterocycles. The van der Waals surface area contributed by atoms with Crippen LogP contribution in [0.15, 0.2) is 70.5 Å². The zero-order valence-electron chi connectivity index (χ0n) is 16.6. The maximum Gasteiger partial charge on any atom is 0.274 e. The molecule has 0 spiro atoms. The molecule has 1 atom stereocenters. The van der Waals surface area contributed by atoms with Gasteiger partial charge in [0.2, 0.25) is 10.0 Å². The maximum atomic E-state index is 13.2. The van der Waals surface area contributed by atoms with Crippen molar-refractivity contribution in [2.45, 2.75) is 19.4 Å². The number of hydrogen-bond acceptors (Lipinski definition) is 5. The lowest BCUT2D eigenvalue weighted by atomic mass is 10.00. The fourth-order valence-electron chi connectivity index (χ4n) is 3.45.